The van der Waals surface area contributed by atoms with E-state index in [2.05, 4.69) is 50.2 Å². The molecule has 1 fully saturated rings. The highest BCUT2D eigenvalue weighted by molar-refractivity contribution is 5.70. The van der Waals surface area contributed by atoms with Gasteiger partial charge in [-0.05, 0) is 67.5 Å². The molecule has 1 heterocycles. The van der Waals surface area contributed by atoms with Crippen LogP contribution in [0.3, 0.4) is 0 Å². The van der Waals surface area contributed by atoms with Crippen LogP contribution >= 0.6 is 0 Å². The molecule has 0 radical (unpaired) electrons. The van der Waals surface area contributed by atoms with Gasteiger partial charge in [-0.1, -0.05) is 79.6 Å². The van der Waals surface area contributed by atoms with Crippen molar-refractivity contribution < 1.29 is 13.9 Å². The average Bonchev–Trinajstić information content (AvgIpc) is 2.87. The van der Waals surface area contributed by atoms with E-state index in [0.717, 1.165) is 49.2 Å². The minimum absolute atomic E-state index is 0.0179. The lowest BCUT2D eigenvalue weighted by molar-refractivity contribution is 0.0331. The van der Waals surface area contributed by atoms with E-state index < -0.39 is 0 Å². The first-order valence-electron chi connectivity index (χ1n) is 12.4. The first-order chi connectivity index (χ1) is 16.5. The Morgan fingerprint density at radius 2 is 1.74 bits per heavy atom. The third kappa shape index (κ3) is 5.95. The number of hydrogen-bond donors (Lipinski definition) is 0. The third-order valence-corrected chi connectivity index (χ3v) is 6.70. The van der Waals surface area contributed by atoms with Crippen molar-refractivity contribution in [1.29, 1.82) is 0 Å². The zero-order valence-electron chi connectivity index (χ0n) is 20.5. The molecule has 0 amide bonds. The Hall–Kier alpha value is -2.91. The van der Waals surface area contributed by atoms with Crippen LogP contribution in [0.5, 0.6) is 5.75 Å². The Labute approximate surface area is 203 Å². The molecule has 4 rings (SSSR count). The number of ether oxygens (including phenoxy) is 2. The monoisotopic (exact) mass is 458 g/mol. The molecule has 2 nitrogen and oxygen atoms in total. The van der Waals surface area contributed by atoms with Gasteiger partial charge in [0.1, 0.15) is 11.6 Å². The summed E-state index contributed by atoms with van der Waals surface area (Å²) < 4.78 is 27.0. The number of hydrogen-bond acceptors (Lipinski definition) is 2. The van der Waals surface area contributed by atoms with E-state index in [1.807, 2.05) is 43.3 Å². The molecule has 3 aromatic carbocycles. The predicted molar refractivity (Wildman–Crippen MR) is 139 cm³/mol. The van der Waals surface area contributed by atoms with Crippen molar-refractivity contribution in [1.82, 2.24) is 0 Å². The average molecular weight is 459 g/mol. The highest BCUT2D eigenvalue weighted by Gasteiger charge is 2.21. The number of halogens is 1. The van der Waals surface area contributed by atoms with Crippen molar-refractivity contribution in [3.05, 3.63) is 94.8 Å². The molecule has 0 bridgehead atoms. The highest BCUT2D eigenvalue weighted by atomic mass is 19.1. The van der Waals surface area contributed by atoms with Gasteiger partial charge >= 0.3 is 0 Å². The van der Waals surface area contributed by atoms with E-state index in [0.29, 0.717) is 23.7 Å². The zero-order chi connectivity index (χ0) is 23.9. The fourth-order valence-electron chi connectivity index (χ4n) is 4.45. The second kappa shape index (κ2) is 11.5. The lowest BCUT2D eigenvalue weighted by Gasteiger charge is -2.28. The Morgan fingerprint density at radius 3 is 2.41 bits per heavy atom. The van der Waals surface area contributed by atoms with Crippen molar-refractivity contribution in [2.24, 2.45) is 0 Å². The standard InChI is InChI=1S/C31H35FO2/c1-4-5-20-33-28-15-10-24(11-16-28)27-13-18-29(34-21-27)17-12-26-14-19-30(23(3)31(26)32)25-8-6-22(2)7-9-25/h6-12,14-17,19,27,29H,4-5,13,18,20-21H2,1-3H3/b17-12+. The molecule has 0 aromatic heterocycles. The maximum atomic E-state index is 15.1. The van der Waals surface area contributed by atoms with Crippen LogP contribution in [0.15, 0.2) is 66.7 Å². The molecular formula is C31H35FO2. The third-order valence-electron chi connectivity index (χ3n) is 6.70. The van der Waals surface area contributed by atoms with Crippen LogP contribution in [-0.2, 0) is 4.74 Å². The Kier molecular flexibility index (Phi) is 8.18. The summed E-state index contributed by atoms with van der Waals surface area (Å²) in [7, 11) is 0. The highest BCUT2D eigenvalue weighted by Crippen LogP contribution is 2.31. The van der Waals surface area contributed by atoms with Crippen LogP contribution in [0.1, 0.15) is 60.8 Å². The van der Waals surface area contributed by atoms with Crippen LogP contribution in [0.2, 0.25) is 0 Å². The molecule has 1 saturated heterocycles. The van der Waals surface area contributed by atoms with Crippen molar-refractivity contribution >= 4 is 6.08 Å². The molecule has 0 aliphatic carbocycles. The number of benzene rings is 3. The van der Waals surface area contributed by atoms with Gasteiger partial charge in [0.05, 0.1) is 19.3 Å². The fraction of sp³-hybridized carbons (Fsp3) is 0.355. The van der Waals surface area contributed by atoms with Gasteiger partial charge in [-0.2, -0.15) is 0 Å². The molecule has 3 aromatic rings. The van der Waals surface area contributed by atoms with Gasteiger partial charge in [0.2, 0.25) is 0 Å². The van der Waals surface area contributed by atoms with Crippen molar-refractivity contribution in [3.8, 4) is 16.9 Å². The Bertz CT molecular complexity index is 1090. The number of unbranched alkanes of at least 4 members (excludes halogenated alkanes) is 1. The van der Waals surface area contributed by atoms with Gasteiger partial charge in [0, 0.05) is 11.5 Å². The molecule has 2 unspecified atom stereocenters. The van der Waals surface area contributed by atoms with E-state index in [-0.39, 0.29) is 11.9 Å². The van der Waals surface area contributed by atoms with Crippen LogP contribution in [0.4, 0.5) is 4.39 Å². The van der Waals surface area contributed by atoms with E-state index in [4.69, 9.17) is 9.47 Å². The second-order valence-corrected chi connectivity index (χ2v) is 9.28. The van der Waals surface area contributed by atoms with Gasteiger partial charge in [-0.15, -0.1) is 0 Å². The number of rotatable bonds is 8. The minimum Gasteiger partial charge on any atom is -0.494 e. The summed E-state index contributed by atoms with van der Waals surface area (Å²) in [6, 6.07) is 20.5. The molecule has 1 aliphatic heterocycles. The van der Waals surface area contributed by atoms with Crippen molar-refractivity contribution in [3.63, 3.8) is 0 Å². The van der Waals surface area contributed by atoms with Crippen molar-refractivity contribution in [2.75, 3.05) is 13.2 Å². The van der Waals surface area contributed by atoms with Gasteiger partial charge in [0.15, 0.2) is 0 Å². The molecule has 3 heteroatoms. The minimum atomic E-state index is -0.163. The molecule has 178 valence electrons. The van der Waals surface area contributed by atoms with Crippen LogP contribution < -0.4 is 4.74 Å². The maximum Gasteiger partial charge on any atom is 0.133 e. The molecule has 0 N–H and O–H groups in total. The van der Waals surface area contributed by atoms with E-state index in [9.17, 15) is 0 Å². The van der Waals surface area contributed by atoms with E-state index in [1.54, 1.807) is 0 Å². The summed E-state index contributed by atoms with van der Waals surface area (Å²) in [5.74, 6) is 1.16. The van der Waals surface area contributed by atoms with Gasteiger partial charge in [-0.3, -0.25) is 0 Å². The van der Waals surface area contributed by atoms with Crippen LogP contribution in [0.25, 0.3) is 17.2 Å². The van der Waals surface area contributed by atoms with Crippen LogP contribution in [-0.4, -0.2) is 19.3 Å². The summed E-state index contributed by atoms with van der Waals surface area (Å²) in [6.07, 6.45) is 8.09. The summed E-state index contributed by atoms with van der Waals surface area (Å²) in [5.41, 5.74) is 5.76. The Balaban J connectivity index is 1.34. The smallest absolute Gasteiger partial charge is 0.133 e. The maximum absolute atomic E-state index is 15.1. The first kappa shape index (κ1) is 24.2. The quantitative estimate of drug-likeness (QED) is 0.316. The lowest BCUT2D eigenvalue weighted by Crippen LogP contribution is -2.23. The first-order valence-corrected chi connectivity index (χ1v) is 12.4. The second-order valence-electron chi connectivity index (χ2n) is 9.28. The van der Waals surface area contributed by atoms with Gasteiger partial charge in [-0.25, -0.2) is 4.39 Å². The largest absolute Gasteiger partial charge is 0.494 e. The molecular weight excluding hydrogens is 423 g/mol. The topological polar surface area (TPSA) is 18.5 Å². The normalized spacial score (nSPS) is 18.4. The molecule has 34 heavy (non-hydrogen) atoms. The summed E-state index contributed by atoms with van der Waals surface area (Å²) >= 11 is 0. The summed E-state index contributed by atoms with van der Waals surface area (Å²) in [6.45, 7) is 7.52. The molecule has 0 saturated carbocycles. The molecule has 0 spiro atoms. The predicted octanol–water partition coefficient (Wildman–Crippen LogP) is 8.26. The molecule has 1 aliphatic rings. The molecule has 2 atom stereocenters. The van der Waals surface area contributed by atoms with Crippen LogP contribution in [0, 0.1) is 19.7 Å². The van der Waals surface area contributed by atoms with Gasteiger partial charge < -0.3 is 9.47 Å². The fourth-order valence-corrected chi connectivity index (χ4v) is 4.45. The Morgan fingerprint density at radius 1 is 0.971 bits per heavy atom. The number of aryl methyl sites for hydroxylation is 1. The van der Waals surface area contributed by atoms with Gasteiger partial charge in [0.25, 0.3) is 0 Å². The SMILES string of the molecule is CCCCOc1ccc(C2CCC(/C=C/c3ccc(-c4ccc(C)cc4)c(C)c3F)OC2)cc1. The summed E-state index contributed by atoms with van der Waals surface area (Å²) in [5, 5.41) is 0. The van der Waals surface area contributed by atoms with Crippen molar-refractivity contribution in [2.45, 2.75) is 58.5 Å². The zero-order valence-corrected chi connectivity index (χ0v) is 20.5. The summed E-state index contributed by atoms with van der Waals surface area (Å²) in [4.78, 5) is 0. The lowest BCUT2D eigenvalue weighted by atomic mass is 9.91. The van der Waals surface area contributed by atoms with E-state index >= 15 is 4.39 Å². The van der Waals surface area contributed by atoms with E-state index in [1.165, 1.54) is 11.1 Å².